The number of likely N-dealkylation sites (N-methyl/N-ethyl adjacent to an activating group) is 1. The molecule has 0 bridgehead atoms. The molecule has 0 saturated heterocycles. The number of aromatic nitrogens is 2. The second-order valence-electron chi connectivity index (χ2n) is 7.97. The molecule has 2 aromatic heterocycles. The Bertz CT molecular complexity index is 1540. The summed E-state index contributed by atoms with van der Waals surface area (Å²) < 4.78 is 7.20. The van der Waals surface area contributed by atoms with Gasteiger partial charge in [0.1, 0.15) is 32.6 Å². The van der Waals surface area contributed by atoms with Crippen molar-refractivity contribution in [2.45, 2.75) is 20.4 Å². The molecule has 3 rings (SSSR count). The Hall–Kier alpha value is -4.63. The van der Waals surface area contributed by atoms with Gasteiger partial charge in [-0.05, 0) is 38.1 Å². The zero-order valence-electron chi connectivity index (χ0n) is 21.6. The van der Waals surface area contributed by atoms with Crippen molar-refractivity contribution in [3.8, 4) is 11.8 Å². The molecule has 2 heterocycles. The van der Waals surface area contributed by atoms with Crippen LogP contribution in [0.25, 0.3) is 11.8 Å². The second kappa shape index (κ2) is 13.1. The molecule has 12 heteroatoms. The zero-order valence-corrected chi connectivity index (χ0v) is 22.4. The normalized spacial score (nSPS) is 11.8. The molecular formula is C26H29N7O4S. The van der Waals surface area contributed by atoms with E-state index in [2.05, 4.69) is 20.9 Å². The van der Waals surface area contributed by atoms with Crippen molar-refractivity contribution < 1.29 is 14.3 Å². The monoisotopic (exact) mass is 535 g/mol. The largest absolute Gasteiger partial charge is 0.497 e. The van der Waals surface area contributed by atoms with Gasteiger partial charge in [-0.15, -0.1) is 11.3 Å². The minimum Gasteiger partial charge on any atom is -0.497 e. The van der Waals surface area contributed by atoms with Gasteiger partial charge in [0.25, 0.3) is 11.5 Å². The van der Waals surface area contributed by atoms with E-state index in [0.717, 1.165) is 17.0 Å². The van der Waals surface area contributed by atoms with Crippen LogP contribution in [0.1, 0.15) is 13.8 Å². The van der Waals surface area contributed by atoms with Crippen molar-refractivity contribution >= 4 is 52.2 Å². The van der Waals surface area contributed by atoms with Crippen LogP contribution in [0.5, 0.6) is 5.75 Å². The Kier molecular flexibility index (Phi) is 9.61. The molecule has 0 radical (unpaired) electrons. The summed E-state index contributed by atoms with van der Waals surface area (Å²) in [5.41, 5.74) is 0.383. The van der Waals surface area contributed by atoms with Gasteiger partial charge in [0.2, 0.25) is 5.91 Å². The number of hydrogen-bond acceptors (Lipinski definition) is 9. The van der Waals surface area contributed by atoms with Gasteiger partial charge in [-0.1, -0.05) is 12.1 Å². The molecule has 0 unspecified atom stereocenters. The summed E-state index contributed by atoms with van der Waals surface area (Å²) in [7, 11) is 3.38. The SMILES string of the molecule is CCNC(=O)/C(C#N)=c1\s/c(=C/Nc2cccc(NC(=O)CN(C)c3cccc(OC)c3)n2)c(=O)n1CC. The van der Waals surface area contributed by atoms with E-state index < -0.39 is 5.91 Å². The summed E-state index contributed by atoms with van der Waals surface area (Å²) >= 11 is 1.04. The summed E-state index contributed by atoms with van der Waals surface area (Å²) in [4.78, 5) is 43.9. The van der Waals surface area contributed by atoms with E-state index in [1.54, 1.807) is 51.1 Å². The van der Waals surface area contributed by atoms with Gasteiger partial charge in [-0.2, -0.15) is 5.26 Å². The van der Waals surface area contributed by atoms with E-state index in [1.807, 2.05) is 30.3 Å². The van der Waals surface area contributed by atoms with E-state index in [1.165, 1.54) is 10.8 Å². The maximum atomic E-state index is 12.9. The van der Waals surface area contributed by atoms with Gasteiger partial charge in [0, 0.05) is 38.1 Å². The summed E-state index contributed by atoms with van der Waals surface area (Å²) in [6, 6.07) is 14.3. The lowest BCUT2D eigenvalue weighted by atomic mass is 10.3. The van der Waals surface area contributed by atoms with E-state index in [-0.39, 0.29) is 28.2 Å². The number of rotatable bonds is 10. The van der Waals surface area contributed by atoms with Crippen molar-refractivity contribution in [2.75, 3.05) is 42.8 Å². The first-order valence-electron chi connectivity index (χ1n) is 11.8. The highest BCUT2D eigenvalue weighted by Gasteiger charge is 2.14. The minimum atomic E-state index is -0.528. The summed E-state index contributed by atoms with van der Waals surface area (Å²) in [5, 5.41) is 17.8. The van der Waals surface area contributed by atoms with Crippen molar-refractivity contribution in [3.05, 3.63) is 62.0 Å². The van der Waals surface area contributed by atoms with Crippen LogP contribution in [0, 0.1) is 11.3 Å². The fourth-order valence-corrected chi connectivity index (χ4v) is 4.58. The number of carbonyl (C=O) groups is 2. The number of ether oxygens (including phenoxy) is 1. The molecule has 0 spiro atoms. The standard InChI is InChI=1S/C26H29N7O4S/c1-5-28-24(35)19(14-27)26-33(6-2)25(36)20(38-26)15-29-21-11-8-12-22(30-21)31-23(34)16-32(3)17-9-7-10-18(13-17)37-4/h7-13,15H,5-6,16H2,1-4H3,(H,28,35)(H2,29,30,31,34)/b20-15+,26-19-. The smallest absolute Gasteiger partial charge is 0.270 e. The number of carbonyl (C=O) groups excluding carboxylic acids is 2. The lowest BCUT2D eigenvalue weighted by Gasteiger charge is -2.19. The molecule has 1 aromatic carbocycles. The number of nitrogens with zero attached hydrogens (tertiary/aromatic N) is 4. The molecule has 0 fully saturated rings. The van der Waals surface area contributed by atoms with Crippen LogP contribution in [-0.2, 0) is 16.1 Å². The number of methoxy groups -OCH3 is 1. The predicted octanol–water partition coefficient (Wildman–Crippen LogP) is 1.07. The highest BCUT2D eigenvalue weighted by Crippen LogP contribution is 2.19. The third-order valence-corrected chi connectivity index (χ3v) is 6.49. The molecule has 3 aromatic rings. The number of nitriles is 1. The van der Waals surface area contributed by atoms with E-state index in [4.69, 9.17) is 4.74 Å². The number of pyridine rings is 1. The predicted molar refractivity (Wildman–Crippen MR) is 148 cm³/mol. The molecule has 198 valence electrons. The highest BCUT2D eigenvalue weighted by molar-refractivity contribution is 7.07. The number of hydrogen-bond donors (Lipinski definition) is 3. The Morgan fingerprint density at radius 1 is 1.21 bits per heavy atom. The molecule has 0 aliphatic heterocycles. The third-order valence-electron chi connectivity index (χ3n) is 5.36. The van der Waals surface area contributed by atoms with Crippen LogP contribution < -0.4 is 40.3 Å². The maximum Gasteiger partial charge on any atom is 0.270 e. The minimum absolute atomic E-state index is 0.0937. The first-order valence-corrected chi connectivity index (χ1v) is 12.6. The van der Waals surface area contributed by atoms with Crippen LogP contribution >= 0.6 is 11.3 Å². The van der Waals surface area contributed by atoms with Crippen molar-refractivity contribution in [2.24, 2.45) is 0 Å². The van der Waals surface area contributed by atoms with E-state index in [0.29, 0.717) is 35.0 Å². The van der Waals surface area contributed by atoms with Crippen LogP contribution in [0.2, 0.25) is 0 Å². The van der Waals surface area contributed by atoms with Gasteiger partial charge >= 0.3 is 0 Å². The molecule has 38 heavy (non-hydrogen) atoms. The summed E-state index contributed by atoms with van der Waals surface area (Å²) in [6.45, 7) is 4.27. The van der Waals surface area contributed by atoms with Gasteiger partial charge in [0.15, 0.2) is 5.57 Å². The molecule has 0 aliphatic carbocycles. The topological polar surface area (TPSA) is 141 Å². The molecule has 0 atom stereocenters. The van der Waals surface area contributed by atoms with Crippen LogP contribution in [0.15, 0.2) is 47.3 Å². The lowest BCUT2D eigenvalue weighted by molar-refractivity contribution is -0.116. The molecular weight excluding hydrogens is 506 g/mol. The first kappa shape index (κ1) is 27.9. The van der Waals surface area contributed by atoms with Crippen molar-refractivity contribution in [1.82, 2.24) is 14.9 Å². The van der Waals surface area contributed by atoms with Crippen LogP contribution in [0.4, 0.5) is 17.3 Å². The van der Waals surface area contributed by atoms with Crippen molar-refractivity contribution in [3.63, 3.8) is 0 Å². The number of amides is 2. The quantitative estimate of drug-likeness (QED) is 0.350. The number of thiazole rings is 1. The first-order chi connectivity index (χ1) is 18.3. The molecule has 2 amide bonds. The Labute approximate surface area is 223 Å². The molecule has 3 N–H and O–H groups in total. The Morgan fingerprint density at radius 3 is 2.63 bits per heavy atom. The number of anilines is 3. The lowest BCUT2D eigenvalue weighted by Crippen LogP contribution is -2.34. The third kappa shape index (κ3) is 6.77. The summed E-state index contributed by atoms with van der Waals surface area (Å²) in [5.74, 6) is 0.639. The Morgan fingerprint density at radius 2 is 1.95 bits per heavy atom. The zero-order chi connectivity index (χ0) is 27.7. The molecule has 0 saturated carbocycles. The number of nitrogens with one attached hydrogen (secondary N) is 3. The fraction of sp³-hybridized carbons (Fsp3) is 0.269. The van der Waals surface area contributed by atoms with Gasteiger partial charge in [0.05, 0.1) is 13.7 Å². The van der Waals surface area contributed by atoms with E-state index >= 15 is 0 Å². The maximum absolute atomic E-state index is 12.9. The average molecular weight is 536 g/mol. The van der Waals surface area contributed by atoms with Gasteiger partial charge in [-0.3, -0.25) is 19.0 Å². The highest BCUT2D eigenvalue weighted by atomic mass is 32.1. The number of benzene rings is 1. The molecule has 0 aliphatic rings. The second-order valence-corrected chi connectivity index (χ2v) is 9.00. The van der Waals surface area contributed by atoms with Crippen LogP contribution in [0.3, 0.4) is 0 Å². The van der Waals surface area contributed by atoms with Gasteiger partial charge in [-0.25, -0.2) is 4.98 Å². The average Bonchev–Trinajstić information content (AvgIpc) is 3.22. The van der Waals surface area contributed by atoms with Crippen LogP contribution in [-0.4, -0.2) is 48.6 Å². The van der Waals surface area contributed by atoms with Crippen molar-refractivity contribution in [1.29, 1.82) is 5.26 Å². The summed E-state index contributed by atoms with van der Waals surface area (Å²) in [6.07, 6.45) is 1.47. The fourth-order valence-electron chi connectivity index (χ4n) is 3.50. The molecule has 11 nitrogen and oxygen atoms in total. The van der Waals surface area contributed by atoms with E-state index in [9.17, 15) is 19.6 Å². The Balaban J connectivity index is 1.78. The van der Waals surface area contributed by atoms with Gasteiger partial charge < -0.3 is 25.6 Å².